The van der Waals surface area contributed by atoms with Gasteiger partial charge in [-0.05, 0) is 54.4 Å². The summed E-state index contributed by atoms with van der Waals surface area (Å²) in [7, 11) is 0. The Morgan fingerprint density at radius 2 is 1.81 bits per heavy atom. The third kappa shape index (κ3) is 5.51. The summed E-state index contributed by atoms with van der Waals surface area (Å²) in [6, 6.07) is 20.8. The summed E-state index contributed by atoms with van der Waals surface area (Å²) in [5.41, 5.74) is 5.81. The molecule has 0 saturated heterocycles. The van der Waals surface area contributed by atoms with Crippen molar-refractivity contribution in [3.63, 3.8) is 0 Å². The second-order valence-electron chi connectivity index (χ2n) is 6.05. The molecule has 5 heteroatoms. The second kappa shape index (κ2) is 8.76. The maximum Gasteiger partial charge on any atom is 0.271 e. The number of aryl methyl sites for hydroxylation is 1. The smallest absolute Gasteiger partial charge is 0.271 e. The van der Waals surface area contributed by atoms with Gasteiger partial charge in [0.25, 0.3) is 5.91 Å². The van der Waals surface area contributed by atoms with Gasteiger partial charge in [0, 0.05) is 5.56 Å². The van der Waals surface area contributed by atoms with E-state index in [1.54, 1.807) is 30.5 Å². The minimum absolute atomic E-state index is 0.269. The molecule has 0 heterocycles. The number of hydrazone groups is 1. The van der Waals surface area contributed by atoms with Crippen molar-refractivity contribution in [3.05, 3.63) is 101 Å². The van der Waals surface area contributed by atoms with E-state index < -0.39 is 0 Å². The zero-order valence-electron chi connectivity index (χ0n) is 14.9. The first-order chi connectivity index (χ1) is 13.1. The van der Waals surface area contributed by atoms with Crippen molar-refractivity contribution in [3.8, 4) is 5.75 Å². The Hall–Kier alpha value is -3.47. The molecule has 0 aliphatic heterocycles. The number of carbonyl (C=O) groups is 1. The van der Waals surface area contributed by atoms with E-state index in [0.29, 0.717) is 17.9 Å². The molecule has 0 radical (unpaired) electrons. The summed E-state index contributed by atoms with van der Waals surface area (Å²) < 4.78 is 18.6. The third-order valence-electron chi connectivity index (χ3n) is 3.87. The van der Waals surface area contributed by atoms with Crippen LogP contribution in [0.1, 0.15) is 27.0 Å². The number of carbonyl (C=O) groups excluding carboxylic acids is 1. The molecule has 3 rings (SSSR count). The summed E-state index contributed by atoms with van der Waals surface area (Å²) in [5, 5.41) is 3.99. The number of hydrogen-bond donors (Lipinski definition) is 1. The number of amides is 1. The van der Waals surface area contributed by atoms with Crippen LogP contribution < -0.4 is 10.2 Å². The van der Waals surface area contributed by atoms with Crippen molar-refractivity contribution < 1.29 is 13.9 Å². The lowest BCUT2D eigenvalue weighted by Gasteiger charge is -2.07. The van der Waals surface area contributed by atoms with Gasteiger partial charge in [0.2, 0.25) is 0 Å². The van der Waals surface area contributed by atoms with E-state index in [0.717, 1.165) is 16.7 Å². The minimum Gasteiger partial charge on any atom is -0.489 e. The number of nitrogens with zero attached hydrogens (tertiary/aromatic N) is 1. The lowest BCUT2D eigenvalue weighted by Crippen LogP contribution is -2.17. The molecule has 0 unspecified atom stereocenters. The average molecular weight is 362 g/mol. The Kier molecular flexibility index (Phi) is 5.94. The molecule has 1 N–H and O–H groups in total. The maximum atomic E-state index is 12.9. The SMILES string of the molecule is Cc1ccc(C(=O)N/N=C\c2cccc(OCc3ccc(F)cc3)c2)cc1. The van der Waals surface area contributed by atoms with Crippen LogP contribution in [0.5, 0.6) is 5.75 Å². The molecule has 0 atom stereocenters. The molecule has 27 heavy (non-hydrogen) atoms. The van der Waals surface area contributed by atoms with Crippen LogP contribution in [-0.4, -0.2) is 12.1 Å². The van der Waals surface area contributed by atoms with Gasteiger partial charge in [-0.3, -0.25) is 4.79 Å². The van der Waals surface area contributed by atoms with Gasteiger partial charge in [0.05, 0.1) is 6.21 Å². The number of benzene rings is 3. The fourth-order valence-corrected chi connectivity index (χ4v) is 2.37. The zero-order valence-corrected chi connectivity index (χ0v) is 14.9. The predicted molar refractivity (Wildman–Crippen MR) is 103 cm³/mol. The quantitative estimate of drug-likeness (QED) is 0.519. The summed E-state index contributed by atoms with van der Waals surface area (Å²) in [4.78, 5) is 12.0. The predicted octanol–water partition coefficient (Wildman–Crippen LogP) is 4.48. The molecular formula is C22H19FN2O2. The lowest BCUT2D eigenvalue weighted by molar-refractivity contribution is 0.0955. The monoisotopic (exact) mass is 362 g/mol. The topological polar surface area (TPSA) is 50.7 Å². The lowest BCUT2D eigenvalue weighted by atomic mass is 10.1. The first kappa shape index (κ1) is 18.3. The van der Waals surface area contributed by atoms with Gasteiger partial charge in [0.1, 0.15) is 18.2 Å². The largest absolute Gasteiger partial charge is 0.489 e. The van der Waals surface area contributed by atoms with Crippen LogP contribution in [0.2, 0.25) is 0 Å². The van der Waals surface area contributed by atoms with E-state index in [1.807, 2.05) is 43.3 Å². The molecule has 0 aromatic heterocycles. The van der Waals surface area contributed by atoms with E-state index in [9.17, 15) is 9.18 Å². The molecule has 1 amide bonds. The van der Waals surface area contributed by atoms with Crippen molar-refractivity contribution >= 4 is 12.1 Å². The van der Waals surface area contributed by atoms with Crippen LogP contribution in [0.3, 0.4) is 0 Å². The van der Waals surface area contributed by atoms with Gasteiger partial charge in [0.15, 0.2) is 0 Å². The number of rotatable bonds is 6. The van der Waals surface area contributed by atoms with Crippen LogP contribution in [0.15, 0.2) is 77.9 Å². The van der Waals surface area contributed by atoms with E-state index in [-0.39, 0.29) is 11.7 Å². The van der Waals surface area contributed by atoms with Gasteiger partial charge >= 0.3 is 0 Å². The van der Waals surface area contributed by atoms with Crippen LogP contribution >= 0.6 is 0 Å². The summed E-state index contributed by atoms with van der Waals surface area (Å²) in [6.45, 7) is 2.30. The molecule has 136 valence electrons. The Morgan fingerprint density at radius 1 is 1.07 bits per heavy atom. The second-order valence-corrected chi connectivity index (χ2v) is 6.05. The highest BCUT2D eigenvalue weighted by molar-refractivity contribution is 5.94. The molecule has 0 fully saturated rings. The van der Waals surface area contributed by atoms with Crippen LogP contribution in [-0.2, 0) is 6.61 Å². The molecule has 0 aliphatic rings. The fraction of sp³-hybridized carbons (Fsp3) is 0.0909. The van der Waals surface area contributed by atoms with E-state index in [4.69, 9.17) is 4.74 Å². The normalized spacial score (nSPS) is 10.7. The van der Waals surface area contributed by atoms with Crippen LogP contribution in [0.4, 0.5) is 4.39 Å². The number of hydrogen-bond acceptors (Lipinski definition) is 3. The zero-order chi connectivity index (χ0) is 19.1. The Bertz CT molecular complexity index is 935. The van der Waals surface area contributed by atoms with Gasteiger partial charge in [-0.2, -0.15) is 5.10 Å². The average Bonchev–Trinajstić information content (AvgIpc) is 2.68. The summed E-state index contributed by atoms with van der Waals surface area (Å²) >= 11 is 0. The molecule has 0 aliphatic carbocycles. The first-order valence-electron chi connectivity index (χ1n) is 8.47. The molecule has 0 saturated carbocycles. The van der Waals surface area contributed by atoms with Gasteiger partial charge in [-0.25, -0.2) is 9.82 Å². The van der Waals surface area contributed by atoms with Gasteiger partial charge in [-0.15, -0.1) is 0 Å². The maximum absolute atomic E-state index is 12.9. The number of nitrogens with one attached hydrogen (secondary N) is 1. The molecular weight excluding hydrogens is 343 g/mol. The highest BCUT2D eigenvalue weighted by atomic mass is 19.1. The fourth-order valence-electron chi connectivity index (χ4n) is 2.37. The first-order valence-corrected chi connectivity index (χ1v) is 8.47. The molecule has 4 nitrogen and oxygen atoms in total. The number of ether oxygens (including phenoxy) is 1. The highest BCUT2D eigenvalue weighted by Crippen LogP contribution is 2.14. The van der Waals surface area contributed by atoms with Crippen molar-refractivity contribution in [2.75, 3.05) is 0 Å². The number of halogens is 1. The third-order valence-corrected chi connectivity index (χ3v) is 3.87. The van der Waals surface area contributed by atoms with Crippen molar-refractivity contribution in [1.29, 1.82) is 0 Å². The van der Waals surface area contributed by atoms with E-state index in [1.165, 1.54) is 12.1 Å². The van der Waals surface area contributed by atoms with Gasteiger partial charge in [-0.1, -0.05) is 42.0 Å². The molecule has 0 spiro atoms. The standard InChI is InChI=1S/C22H19FN2O2/c1-16-5-9-19(10-6-16)22(26)25-24-14-18-3-2-4-21(13-18)27-15-17-7-11-20(23)12-8-17/h2-14H,15H2,1H3,(H,25,26)/b24-14-. The van der Waals surface area contributed by atoms with E-state index in [2.05, 4.69) is 10.5 Å². The van der Waals surface area contributed by atoms with Crippen molar-refractivity contribution in [2.45, 2.75) is 13.5 Å². The van der Waals surface area contributed by atoms with E-state index >= 15 is 0 Å². The van der Waals surface area contributed by atoms with Gasteiger partial charge < -0.3 is 4.74 Å². The Morgan fingerprint density at radius 3 is 2.56 bits per heavy atom. The Labute approximate surface area is 157 Å². The Balaban J connectivity index is 1.56. The molecule has 3 aromatic rings. The van der Waals surface area contributed by atoms with Crippen LogP contribution in [0, 0.1) is 12.7 Å². The van der Waals surface area contributed by atoms with Crippen LogP contribution in [0.25, 0.3) is 0 Å². The summed E-state index contributed by atoms with van der Waals surface area (Å²) in [6.07, 6.45) is 1.55. The highest BCUT2D eigenvalue weighted by Gasteiger charge is 2.03. The van der Waals surface area contributed by atoms with Crippen molar-refractivity contribution in [1.82, 2.24) is 5.43 Å². The molecule has 0 bridgehead atoms. The van der Waals surface area contributed by atoms with Crippen molar-refractivity contribution in [2.24, 2.45) is 5.10 Å². The minimum atomic E-state index is -0.273. The molecule has 3 aromatic carbocycles. The summed E-state index contributed by atoms with van der Waals surface area (Å²) in [5.74, 6) is 0.118.